The molecule has 0 atom stereocenters. The number of hydrogen-bond donors (Lipinski definition) is 1. The van der Waals surface area contributed by atoms with Crippen LogP contribution in [0, 0.1) is 0 Å². The molecule has 0 bridgehead atoms. The van der Waals surface area contributed by atoms with Crippen molar-refractivity contribution in [2.75, 3.05) is 0 Å². The van der Waals surface area contributed by atoms with Crippen molar-refractivity contribution in [3.05, 3.63) is 57.8 Å². The van der Waals surface area contributed by atoms with E-state index in [-0.39, 0.29) is 10.9 Å². The van der Waals surface area contributed by atoms with Gasteiger partial charge < -0.3 is 0 Å². The predicted molar refractivity (Wildman–Crippen MR) is 88.0 cm³/mol. The largest absolute Gasteiger partial charge is 0.267 e. The first-order chi connectivity index (χ1) is 11.1. The van der Waals surface area contributed by atoms with Crippen LogP contribution in [0.2, 0.25) is 0 Å². The number of thiazole rings is 1. The monoisotopic (exact) mass is 348 g/mol. The summed E-state index contributed by atoms with van der Waals surface area (Å²) in [5.41, 5.74) is 1.58. The Balaban J connectivity index is 1.75. The number of sulfone groups is 1. The molecular formula is C15H16N4O2S2. The minimum Gasteiger partial charge on any atom is -0.262 e. The summed E-state index contributed by atoms with van der Waals surface area (Å²) in [7, 11) is -3.59. The first-order valence-corrected chi connectivity index (χ1v) is 9.71. The quantitative estimate of drug-likeness (QED) is 0.739. The average molecular weight is 348 g/mol. The second-order valence-corrected chi connectivity index (χ2v) is 7.90. The molecule has 0 radical (unpaired) electrons. The predicted octanol–water partition coefficient (Wildman–Crippen LogP) is 2.39. The number of hydrogen-bond acceptors (Lipinski definition) is 6. The van der Waals surface area contributed by atoms with Crippen molar-refractivity contribution in [2.45, 2.75) is 30.7 Å². The maximum atomic E-state index is 12.4. The van der Waals surface area contributed by atoms with Gasteiger partial charge in [0.15, 0.2) is 0 Å². The van der Waals surface area contributed by atoms with E-state index in [1.54, 1.807) is 5.38 Å². The molecule has 2 aromatic heterocycles. The van der Waals surface area contributed by atoms with Crippen LogP contribution in [0.15, 0.2) is 40.9 Å². The van der Waals surface area contributed by atoms with E-state index in [9.17, 15) is 8.42 Å². The zero-order chi connectivity index (χ0) is 16.3. The summed E-state index contributed by atoms with van der Waals surface area (Å²) in [6.45, 7) is 1.99. The molecule has 3 aromatic rings. The molecule has 0 saturated heterocycles. The number of aromatic nitrogens is 4. The lowest BCUT2D eigenvalue weighted by Crippen LogP contribution is -2.07. The Kier molecular flexibility index (Phi) is 4.53. The first kappa shape index (κ1) is 15.8. The highest BCUT2D eigenvalue weighted by molar-refractivity contribution is 7.90. The van der Waals surface area contributed by atoms with Gasteiger partial charge in [-0.1, -0.05) is 37.3 Å². The molecule has 120 valence electrons. The zero-order valence-electron chi connectivity index (χ0n) is 12.6. The van der Waals surface area contributed by atoms with Crippen molar-refractivity contribution in [3.63, 3.8) is 0 Å². The van der Waals surface area contributed by atoms with Crippen LogP contribution in [0.1, 0.15) is 29.0 Å². The van der Waals surface area contributed by atoms with E-state index < -0.39 is 9.84 Å². The Hall–Kier alpha value is -2.06. The molecule has 0 spiro atoms. The third-order valence-electron chi connectivity index (χ3n) is 3.24. The molecule has 0 aliphatic heterocycles. The lowest BCUT2D eigenvalue weighted by atomic mass is 10.1. The Bertz CT molecular complexity index is 885. The number of aromatic amines is 1. The number of benzene rings is 1. The molecule has 23 heavy (non-hydrogen) atoms. The highest BCUT2D eigenvalue weighted by atomic mass is 32.2. The van der Waals surface area contributed by atoms with Gasteiger partial charge in [-0.05, 0) is 12.0 Å². The molecule has 1 aromatic carbocycles. The number of rotatable bonds is 6. The fourth-order valence-electron chi connectivity index (χ4n) is 2.12. The molecule has 8 heteroatoms. The summed E-state index contributed by atoms with van der Waals surface area (Å²) in [5, 5.41) is 9.09. The van der Waals surface area contributed by atoms with Gasteiger partial charge in [-0.25, -0.2) is 18.4 Å². The second kappa shape index (κ2) is 6.59. The molecule has 1 N–H and O–H groups in total. The first-order valence-electron chi connectivity index (χ1n) is 7.18. The summed E-state index contributed by atoms with van der Waals surface area (Å²) in [4.78, 5) is 8.41. The summed E-state index contributed by atoms with van der Waals surface area (Å²) in [5.74, 6) is 0.355. The van der Waals surface area contributed by atoms with Crippen molar-refractivity contribution >= 4 is 21.2 Å². The molecule has 0 saturated carbocycles. The van der Waals surface area contributed by atoms with Crippen LogP contribution in [0.25, 0.3) is 0 Å². The van der Waals surface area contributed by atoms with Crippen molar-refractivity contribution in [2.24, 2.45) is 0 Å². The summed E-state index contributed by atoms with van der Waals surface area (Å²) in [6.07, 6.45) is 1.31. The van der Waals surface area contributed by atoms with Crippen LogP contribution in [0.5, 0.6) is 0 Å². The third kappa shape index (κ3) is 3.83. The lowest BCUT2D eigenvalue weighted by Gasteiger charge is -1.97. The van der Waals surface area contributed by atoms with Crippen LogP contribution in [-0.4, -0.2) is 28.6 Å². The Morgan fingerprint density at radius 3 is 2.65 bits per heavy atom. The Morgan fingerprint density at radius 2 is 1.96 bits per heavy atom. The average Bonchev–Trinajstić information content (AvgIpc) is 3.17. The van der Waals surface area contributed by atoms with Crippen molar-refractivity contribution in [3.8, 4) is 0 Å². The molecule has 0 aliphatic carbocycles. The molecular weight excluding hydrogens is 332 g/mol. The molecule has 0 fully saturated rings. The number of H-pyrrole nitrogens is 1. The van der Waals surface area contributed by atoms with E-state index in [0.717, 1.165) is 17.0 Å². The smallest absolute Gasteiger partial charge is 0.262 e. The van der Waals surface area contributed by atoms with Gasteiger partial charge in [0.1, 0.15) is 11.6 Å². The third-order valence-corrected chi connectivity index (χ3v) is 5.70. The standard InChI is InChI=1S/C15H16N4O2S2/c1-2-14-16-12(9-22-14)10-23(20,21)15-17-13(18-19-15)8-11-6-4-3-5-7-11/h3-7,9H,2,8,10H2,1H3,(H,17,18,19). The van der Waals surface area contributed by atoms with Crippen LogP contribution in [-0.2, 0) is 28.4 Å². The van der Waals surface area contributed by atoms with Crippen LogP contribution in [0.4, 0.5) is 0 Å². The minimum atomic E-state index is -3.59. The van der Waals surface area contributed by atoms with Crippen molar-refractivity contribution in [1.82, 2.24) is 20.2 Å². The topological polar surface area (TPSA) is 88.6 Å². The fourth-order valence-corrected chi connectivity index (χ4v) is 4.07. The van der Waals surface area contributed by atoms with Gasteiger partial charge in [0.2, 0.25) is 9.84 Å². The number of nitrogens with one attached hydrogen (secondary N) is 1. The van der Waals surface area contributed by atoms with E-state index in [2.05, 4.69) is 20.2 Å². The SMILES string of the molecule is CCc1nc(CS(=O)(=O)c2n[nH]c(Cc3ccccc3)n2)cs1. The Labute approximate surface area is 138 Å². The minimum absolute atomic E-state index is 0.172. The van der Waals surface area contributed by atoms with Gasteiger partial charge in [-0.15, -0.1) is 16.4 Å². The maximum Gasteiger partial charge on any atom is 0.267 e. The van der Waals surface area contributed by atoms with E-state index >= 15 is 0 Å². The van der Waals surface area contributed by atoms with Crippen LogP contribution < -0.4 is 0 Å². The molecule has 3 rings (SSSR count). The van der Waals surface area contributed by atoms with Gasteiger partial charge in [-0.3, -0.25) is 5.10 Å². The van der Waals surface area contributed by atoms with Gasteiger partial charge >= 0.3 is 0 Å². The fraction of sp³-hybridized carbons (Fsp3) is 0.267. The second-order valence-electron chi connectivity index (χ2n) is 5.07. The maximum absolute atomic E-state index is 12.4. The van der Waals surface area contributed by atoms with E-state index in [1.165, 1.54) is 11.3 Å². The van der Waals surface area contributed by atoms with Crippen LogP contribution in [0.3, 0.4) is 0 Å². The van der Waals surface area contributed by atoms with Crippen LogP contribution >= 0.6 is 11.3 Å². The van der Waals surface area contributed by atoms with Crippen molar-refractivity contribution in [1.29, 1.82) is 0 Å². The lowest BCUT2D eigenvalue weighted by molar-refractivity contribution is 0.586. The Morgan fingerprint density at radius 1 is 1.17 bits per heavy atom. The van der Waals surface area contributed by atoms with Gasteiger partial charge in [0.05, 0.1) is 10.7 Å². The number of aryl methyl sites for hydroxylation is 1. The number of nitrogens with zero attached hydrogens (tertiary/aromatic N) is 3. The van der Waals surface area contributed by atoms with E-state index in [4.69, 9.17) is 0 Å². The normalized spacial score (nSPS) is 11.7. The highest BCUT2D eigenvalue weighted by Gasteiger charge is 2.22. The molecule has 0 unspecified atom stereocenters. The zero-order valence-corrected chi connectivity index (χ0v) is 14.2. The summed E-state index contributed by atoms with van der Waals surface area (Å²) < 4.78 is 24.8. The van der Waals surface area contributed by atoms with Gasteiger partial charge in [0, 0.05) is 11.8 Å². The molecule has 6 nitrogen and oxygen atoms in total. The van der Waals surface area contributed by atoms with E-state index in [0.29, 0.717) is 17.9 Å². The summed E-state index contributed by atoms with van der Waals surface area (Å²) in [6, 6.07) is 9.70. The molecule has 2 heterocycles. The van der Waals surface area contributed by atoms with Gasteiger partial charge in [0.25, 0.3) is 5.16 Å². The van der Waals surface area contributed by atoms with Crippen molar-refractivity contribution < 1.29 is 8.42 Å². The molecule has 0 aliphatic rings. The molecule has 0 amide bonds. The van der Waals surface area contributed by atoms with Gasteiger partial charge in [-0.2, -0.15) is 0 Å². The van der Waals surface area contributed by atoms with E-state index in [1.807, 2.05) is 37.3 Å². The highest BCUT2D eigenvalue weighted by Crippen LogP contribution is 2.16. The summed E-state index contributed by atoms with van der Waals surface area (Å²) >= 11 is 1.47.